The first-order valence-electron chi connectivity index (χ1n) is 9.59. The third kappa shape index (κ3) is 6.33. The summed E-state index contributed by atoms with van der Waals surface area (Å²) in [5.74, 6) is -0.0323. The van der Waals surface area contributed by atoms with Crippen LogP contribution in [0.15, 0.2) is 24.3 Å². The zero-order chi connectivity index (χ0) is 18.8. The Bertz CT molecular complexity index is 585. The van der Waals surface area contributed by atoms with Crippen molar-refractivity contribution in [3.05, 3.63) is 24.3 Å². The highest BCUT2D eigenvalue weighted by molar-refractivity contribution is 5.94. The fourth-order valence-corrected chi connectivity index (χ4v) is 3.09. The zero-order valence-corrected chi connectivity index (χ0v) is 16.0. The first-order chi connectivity index (χ1) is 12.6. The number of rotatable bonds is 9. The Balaban J connectivity index is 1.89. The molecule has 1 fully saturated rings. The molecule has 1 aliphatic rings. The number of carbonyl (C=O) groups excluding carboxylic acids is 2. The molecular formula is C20H31N3O3. The quantitative estimate of drug-likeness (QED) is 0.687. The van der Waals surface area contributed by atoms with Crippen molar-refractivity contribution in [3.63, 3.8) is 0 Å². The summed E-state index contributed by atoms with van der Waals surface area (Å²) >= 11 is 0. The summed E-state index contributed by atoms with van der Waals surface area (Å²) in [4.78, 5) is 28.2. The van der Waals surface area contributed by atoms with Gasteiger partial charge in [-0.3, -0.25) is 9.59 Å². The van der Waals surface area contributed by atoms with Gasteiger partial charge in [-0.05, 0) is 18.6 Å². The molecule has 0 spiro atoms. The zero-order valence-electron chi connectivity index (χ0n) is 16.0. The van der Waals surface area contributed by atoms with Crippen molar-refractivity contribution >= 4 is 23.2 Å². The van der Waals surface area contributed by atoms with E-state index in [0.717, 1.165) is 50.3 Å². The van der Waals surface area contributed by atoms with Gasteiger partial charge in [-0.25, -0.2) is 0 Å². The number of nitrogens with one attached hydrogen (secondary N) is 1. The van der Waals surface area contributed by atoms with Gasteiger partial charge < -0.3 is 19.9 Å². The summed E-state index contributed by atoms with van der Waals surface area (Å²) in [5, 5.41) is 3.01. The van der Waals surface area contributed by atoms with Crippen LogP contribution in [-0.2, 0) is 14.3 Å². The molecule has 1 aromatic carbocycles. The minimum Gasteiger partial charge on any atom is -0.378 e. The highest BCUT2D eigenvalue weighted by atomic mass is 16.5. The number of carbonyl (C=O) groups is 2. The molecule has 1 aromatic rings. The molecule has 1 N–H and O–H groups in total. The van der Waals surface area contributed by atoms with E-state index in [1.54, 1.807) is 11.8 Å². The number of hydrogen-bond acceptors (Lipinski definition) is 4. The number of para-hydroxylation sites is 2. The van der Waals surface area contributed by atoms with Crippen LogP contribution < -0.4 is 10.2 Å². The first-order valence-corrected chi connectivity index (χ1v) is 9.59. The van der Waals surface area contributed by atoms with Gasteiger partial charge in [-0.2, -0.15) is 0 Å². The van der Waals surface area contributed by atoms with Crippen LogP contribution in [0.1, 0.15) is 39.5 Å². The number of unbranched alkanes of at least 4 members (excludes halogenated alkanes) is 2. The number of hydrogen-bond donors (Lipinski definition) is 1. The highest BCUT2D eigenvalue weighted by Crippen LogP contribution is 2.26. The van der Waals surface area contributed by atoms with Crippen LogP contribution in [0.4, 0.5) is 11.4 Å². The summed E-state index contributed by atoms with van der Waals surface area (Å²) in [6.45, 7) is 7.94. The molecule has 1 heterocycles. The minimum absolute atomic E-state index is 0.0302. The maximum Gasteiger partial charge on any atom is 0.226 e. The Kier molecular flexibility index (Phi) is 8.41. The maximum absolute atomic E-state index is 12.4. The van der Waals surface area contributed by atoms with E-state index in [1.165, 1.54) is 0 Å². The Hall–Kier alpha value is -2.08. The summed E-state index contributed by atoms with van der Waals surface area (Å²) in [5.41, 5.74) is 1.84. The molecule has 0 bridgehead atoms. The Morgan fingerprint density at radius 3 is 2.58 bits per heavy atom. The van der Waals surface area contributed by atoms with E-state index in [2.05, 4.69) is 17.1 Å². The largest absolute Gasteiger partial charge is 0.378 e. The van der Waals surface area contributed by atoms with Gasteiger partial charge in [-0.15, -0.1) is 0 Å². The molecular weight excluding hydrogens is 330 g/mol. The van der Waals surface area contributed by atoms with Crippen LogP contribution in [0, 0.1) is 0 Å². The van der Waals surface area contributed by atoms with Gasteiger partial charge in [0.1, 0.15) is 0 Å². The molecule has 0 saturated carbocycles. The van der Waals surface area contributed by atoms with E-state index in [4.69, 9.17) is 4.74 Å². The Morgan fingerprint density at radius 2 is 1.88 bits per heavy atom. The summed E-state index contributed by atoms with van der Waals surface area (Å²) in [6.07, 6.45) is 3.51. The highest BCUT2D eigenvalue weighted by Gasteiger charge is 2.16. The third-order valence-corrected chi connectivity index (χ3v) is 4.62. The molecule has 0 atom stereocenters. The second kappa shape index (κ2) is 10.8. The molecule has 0 aromatic heterocycles. The van der Waals surface area contributed by atoms with E-state index in [9.17, 15) is 9.59 Å². The fourth-order valence-electron chi connectivity index (χ4n) is 3.09. The van der Waals surface area contributed by atoms with Crippen molar-refractivity contribution in [2.75, 3.05) is 49.6 Å². The monoisotopic (exact) mass is 361 g/mol. The maximum atomic E-state index is 12.4. The van der Waals surface area contributed by atoms with Gasteiger partial charge in [0.15, 0.2) is 0 Å². The molecule has 1 aliphatic heterocycles. The summed E-state index contributed by atoms with van der Waals surface area (Å²) in [6, 6.07) is 7.85. The van der Waals surface area contributed by atoms with Gasteiger partial charge in [0.2, 0.25) is 11.8 Å². The van der Waals surface area contributed by atoms with Crippen LogP contribution in [-0.4, -0.2) is 56.1 Å². The number of anilines is 2. The predicted molar refractivity (Wildman–Crippen MR) is 104 cm³/mol. The molecule has 2 rings (SSSR count). The van der Waals surface area contributed by atoms with Gasteiger partial charge in [-0.1, -0.05) is 31.9 Å². The molecule has 6 nitrogen and oxygen atoms in total. The summed E-state index contributed by atoms with van der Waals surface area (Å²) in [7, 11) is 0. The molecule has 0 aliphatic carbocycles. The molecule has 26 heavy (non-hydrogen) atoms. The number of ether oxygens (including phenoxy) is 1. The average molecular weight is 361 g/mol. The van der Waals surface area contributed by atoms with Crippen LogP contribution in [0.2, 0.25) is 0 Å². The van der Waals surface area contributed by atoms with E-state index in [-0.39, 0.29) is 11.8 Å². The topological polar surface area (TPSA) is 61.9 Å². The third-order valence-electron chi connectivity index (χ3n) is 4.62. The second-order valence-corrected chi connectivity index (χ2v) is 6.63. The van der Waals surface area contributed by atoms with Crippen molar-refractivity contribution in [1.29, 1.82) is 0 Å². The number of amides is 2. The van der Waals surface area contributed by atoms with Crippen LogP contribution in [0.25, 0.3) is 0 Å². The van der Waals surface area contributed by atoms with E-state index in [1.807, 2.05) is 24.3 Å². The number of benzene rings is 1. The lowest BCUT2D eigenvalue weighted by molar-refractivity contribution is -0.129. The van der Waals surface area contributed by atoms with E-state index in [0.29, 0.717) is 26.2 Å². The Morgan fingerprint density at radius 1 is 1.15 bits per heavy atom. The van der Waals surface area contributed by atoms with Gasteiger partial charge in [0.25, 0.3) is 0 Å². The van der Waals surface area contributed by atoms with Crippen LogP contribution in [0.5, 0.6) is 0 Å². The number of nitrogens with zero attached hydrogens (tertiary/aromatic N) is 2. The van der Waals surface area contributed by atoms with Crippen LogP contribution in [0.3, 0.4) is 0 Å². The van der Waals surface area contributed by atoms with E-state index >= 15 is 0 Å². The molecule has 0 radical (unpaired) electrons. The lowest BCUT2D eigenvalue weighted by atomic mass is 10.2. The minimum atomic E-state index is -0.0625. The second-order valence-electron chi connectivity index (χ2n) is 6.63. The molecule has 6 heteroatoms. The van der Waals surface area contributed by atoms with Gasteiger partial charge >= 0.3 is 0 Å². The van der Waals surface area contributed by atoms with Crippen molar-refractivity contribution in [3.8, 4) is 0 Å². The lowest BCUT2D eigenvalue weighted by Crippen LogP contribution is -2.37. The van der Waals surface area contributed by atoms with Crippen molar-refractivity contribution in [2.45, 2.75) is 39.5 Å². The normalized spacial score (nSPS) is 14.2. The fraction of sp³-hybridized carbons (Fsp3) is 0.600. The predicted octanol–water partition coefficient (Wildman–Crippen LogP) is 2.89. The Labute approximate surface area is 156 Å². The average Bonchev–Trinajstić information content (AvgIpc) is 2.65. The molecule has 1 saturated heterocycles. The first kappa shape index (κ1) is 20.2. The van der Waals surface area contributed by atoms with Crippen molar-refractivity contribution in [2.24, 2.45) is 0 Å². The standard InChI is InChI=1S/C20H31N3O3/c1-3-4-7-11-22(17(2)24)12-10-20(25)21-18-8-5-6-9-19(18)23-13-15-26-16-14-23/h5-6,8-9H,3-4,7,10-16H2,1-2H3,(H,21,25). The van der Waals surface area contributed by atoms with Crippen LogP contribution >= 0.6 is 0 Å². The van der Waals surface area contributed by atoms with Crippen molar-refractivity contribution in [1.82, 2.24) is 4.90 Å². The lowest BCUT2D eigenvalue weighted by Gasteiger charge is -2.30. The molecule has 0 unspecified atom stereocenters. The summed E-state index contributed by atoms with van der Waals surface area (Å²) < 4.78 is 5.40. The smallest absolute Gasteiger partial charge is 0.226 e. The van der Waals surface area contributed by atoms with E-state index < -0.39 is 0 Å². The van der Waals surface area contributed by atoms with Gasteiger partial charge in [0, 0.05) is 39.5 Å². The van der Waals surface area contributed by atoms with Crippen molar-refractivity contribution < 1.29 is 14.3 Å². The van der Waals surface area contributed by atoms with Gasteiger partial charge in [0.05, 0.1) is 24.6 Å². The molecule has 144 valence electrons. The molecule has 2 amide bonds. The number of morpholine rings is 1. The SMILES string of the molecule is CCCCCN(CCC(=O)Nc1ccccc1N1CCOCC1)C(C)=O.